The lowest BCUT2D eigenvalue weighted by atomic mass is 9.91. The standard InChI is InChI=1S/C19H20F3N3O/c1-12(13-5-3-2-4-6-13)25-18(26)16-11-23-10-15(16)17-8-7-14(9-24-17)19(20,21)22/h2-9,12,15-16,23H,10-11H2,1H3,(H,25,26)/t12-,15+,16+/m0/s1. The Morgan fingerprint density at radius 1 is 1.19 bits per heavy atom. The fourth-order valence-electron chi connectivity index (χ4n) is 3.20. The molecule has 2 N–H and O–H groups in total. The second-order valence-corrected chi connectivity index (χ2v) is 6.48. The van der Waals surface area contributed by atoms with Crippen LogP contribution in [0.2, 0.25) is 0 Å². The molecular formula is C19H20F3N3O. The molecule has 3 rings (SSSR count). The molecule has 0 spiro atoms. The largest absolute Gasteiger partial charge is 0.417 e. The number of carbonyl (C=O) groups excluding carboxylic acids is 1. The number of rotatable bonds is 4. The van der Waals surface area contributed by atoms with E-state index in [0.717, 1.165) is 17.8 Å². The number of alkyl halides is 3. The summed E-state index contributed by atoms with van der Waals surface area (Å²) in [7, 11) is 0. The molecule has 1 aliphatic heterocycles. The van der Waals surface area contributed by atoms with Gasteiger partial charge in [0.15, 0.2) is 0 Å². The summed E-state index contributed by atoms with van der Waals surface area (Å²) in [5.74, 6) is -0.747. The molecule has 0 saturated carbocycles. The highest BCUT2D eigenvalue weighted by atomic mass is 19.4. The number of aromatic nitrogens is 1. The summed E-state index contributed by atoms with van der Waals surface area (Å²) in [6.45, 7) is 2.89. The SMILES string of the molecule is C[C@H](NC(=O)[C@@H]1CNC[C@H]1c1ccc(C(F)(F)F)cn1)c1ccccc1. The first-order valence-electron chi connectivity index (χ1n) is 8.45. The van der Waals surface area contributed by atoms with Crippen LogP contribution >= 0.6 is 0 Å². The zero-order valence-corrected chi connectivity index (χ0v) is 14.3. The van der Waals surface area contributed by atoms with Crippen LogP contribution in [0.3, 0.4) is 0 Å². The van der Waals surface area contributed by atoms with E-state index in [2.05, 4.69) is 15.6 Å². The number of carbonyl (C=O) groups is 1. The van der Waals surface area contributed by atoms with Gasteiger partial charge in [0.05, 0.1) is 17.5 Å². The van der Waals surface area contributed by atoms with Crippen LogP contribution < -0.4 is 10.6 Å². The van der Waals surface area contributed by atoms with Gasteiger partial charge in [-0.25, -0.2) is 0 Å². The lowest BCUT2D eigenvalue weighted by Gasteiger charge is -2.21. The molecule has 3 atom stereocenters. The van der Waals surface area contributed by atoms with E-state index in [1.807, 2.05) is 37.3 Å². The topological polar surface area (TPSA) is 54.0 Å². The van der Waals surface area contributed by atoms with Crippen molar-refractivity contribution in [2.24, 2.45) is 5.92 Å². The van der Waals surface area contributed by atoms with Crippen LogP contribution in [0, 0.1) is 5.92 Å². The molecule has 0 bridgehead atoms. The van der Waals surface area contributed by atoms with Gasteiger partial charge in [0.25, 0.3) is 0 Å². The monoisotopic (exact) mass is 363 g/mol. The van der Waals surface area contributed by atoms with Crippen LogP contribution in [0.1, 0.15) is 35.7 Å². The molecule has 1 amide bonds. The Bertz CT molecular complexity index is 747. The van der Waals surface area contributed by atoms with Crippen molar-refractivity contribution in [3.63, 3.8) is 0 Å². The molecule has 2 aromatic rings. The molecule has 1 saturated heterocycles. The maximum atomic E-state index is 12.7. The van der Waals surface area contributed by atoms with Crippen molar-refractivity contribution in [2.45, 2.75) is 25.1 Å². The first-order valence-corrected chi connectivity index (χ1v) is 8.45. The van der Waals surface area contributed by atoms with E-state index >= 15 is 0 Å². The number of hydrogen-bond acceptors (Lipinski definition) is 3. The fraction of sp³-hybridized carbons (Fsp3) is 0.368. The summed E-state index contributed by atoms with van der Waals surface area (Å²) in [6.07, 6.45) is -3.59. The van der Waals surface area contributed by atoms with Gasteiger partial charge >= 0.3 is 6.18 Å². The first kappa shape index (κ1) is 18.4. The molecule has 0 radical (unpaired) electrons. The van der Waals surface area contributed by atoms with Crippen molar-refractivity contribution in [2.75, 3.05) is 13.1 Å². The molecule has 0 aliphatic carbocycles. The average molecular weight is 363 g/mol. The molecule has 4 nitrogen and oxygen atoms in total. The first-order chi connectivity index (χ1) is 12.4. The molecular weight excluding hydrogens is 343 g/mol. The molecule has 7 heteroatoms. The predicted octanol–water partition coefficient (Wildman–Crippen LogP) is 3.28. The third kappa shape index (κ3) is 4.04. The molecule has 138 valence electrons. The highest BCUT2D eigenvalue weighted by Crippen LogP contribution is 2.32. The van der Waals surface area contributed by atoms with Crippen LogP contribution in [0.4, 0.5) is 13.2 Å². The van der Waals surface area contributed by atoms with Crippen molar-refractivity contribution in [3.05, 3.63) is 65.5 Å². The maximum absolute atomic E-state index is 12.7. The van der Waals surface area contributed by atoms with Crippen molar-refractivity contribution in [3.8, 4) is 0 Å². The van der Waals surface area contributed by atoms with Gasteiger partial charge < -0.3 is 10.6 Å². The van der Waals surface area contributed by atoms with Crippen LogP contribution in [-0.2, 0) is 11.0 Å². The van der Waals surface area contributed by atoms with E-state index in [4.69, 9.17) is 0 Å². The van der Waals surface area contributed by atoms with Gasteiger partial charge in [0.1, 0.15) is 0 Å². The van der Waals surface area contributed by atoms with E-state index in [0.29, 0.717) is 18.8 Å². The quantitative estimate of drug-likeness (QED) is 0.877. The smallest absolute Gasteiger partial charge is 0.349 e. The Labute approximate surface area is 149 Å². The van der Waals surface area contributed by atoms with Gasteiger partial charge in [-0.1, -0.05) is 30.3 Å². The summed E-state index contributed by atoms with van der Waals surface area (Å²) < 4.78 is 38.1. The van der Waals surface area contributed by atoms with Crippen LogP contribution in [0.15, 0.2) is 48.7 Å². The number of nitrogens with one attached hydrogen (secondary N) is 2. The predicted molar refractivity (Wildman–Crippen MR) is 91.3 cm³/mol. The minimum absolute atomic E-state index is 0.127. The Kier molecular flexibility index (Phi) is 5.27. The Morgan fingerprint density at radius 3 is 2.54 bits per heavy atom. The van der Waals surface area contributed by atoms with Gasteiger partial charge in [-0.05, 0) is 24.6 Å². The third-order valence-electron chi connectivity index (χ3n) is 4.70. The van der Waals surface area contributed by atoms with Gasteiger partial charge in [-0.2, -0.15) is 13.2 Å². The summed E-state index contributed by atoms with van der Waals surface area (Å²) in [5, 5.41) is 6.12. The molecule has 1 aromatic heterocycles. The molecule has 26 heavy (non-hydrogen) atoms. The number of nitrogens with zero attached hydrogens (tertiary/aromatic N) is 1. The fourth-order valence-corrected chi connectivity index (χ4v) is 3.20. The normalized spacial score (nSPS) is 21.4. The summed E-state index contributed by atoms with van der Waals surface area (Å²) >= 11 is 0. The molecule has 1 aromatic carbocycles. The summed E-state index contributed by atoms with van der Waals surface area (Å²) in [4.78, 5) is 16.6. The highest BCUT2D eigenvalue weighted by molar-refractivity contribution is 5.80. The minimum atomic E-state index is -4.42. The van der Waals surface area contributed by atoms with Crippen LogP contribution in [0.25, 0.3) is 0 Å². The van der Waals surface area contributed by atoms with E-state index in [1.165, 1.54) is 6.07 Å². The molecule has 2 heterocycles. The number of hydrogen-bond donors (Lipinski definition) is 2. The molecule has 1 fully saturated rings. The Balaban J connectivity index is 1.70. The van der Waals surface area contributed by atoms with E-state index < -0.39 is 11.7 Å². The van der Waals surface area contributed by atoms with Crippen molar-refractivity contribution in [1.29, 1.82) is 0 Å². The Hall–Kier alpha value is -2.41. The van der Waals surface area contributed by atoms with Gasteiger partial charge in [0.2, 0.25) is 5.91 Å². The number of pyridine rings is 1. The van der Waals surface area contributed by atoms with E-state index in [-0.39, 0.29) is 23.8 Å². The van der Waals surface area contributed by atoms with Crippen molar-refractivity contribution < 1.29 is 18.0 Å². The minimum Gasteiger partial charge on any atom is -0.349 e. The second kappa shape index (κ2) is 7.45. The molecule has 0 unspecified atom stereocenters. The second-order valence-electron chi connectivity index (χ2n) is 6.48. The number of amides is 1. The van der Waals surface area contributed by atoms with E-state index in [1.54, 1.807) is 0 Å². The summed E-state index contributed by atoms with van der Waals surface area (Å²) in [5.41, 5.74) is 0.706. The zero-order chi connectivity index (χ0) is 18.7. The number of benzene rings is 1. The van der Waals surface area contributed by atoms with Crippen LogP contribution in [-0.4, -0.2) is 24.0 Å². The van der Waals surface area contributed by atoms with Crippen LogP contribution in [0.5, 0.6) is 0 Å². The zero-order valence-electron chi connectivity index (χ0n) is 14.3. The van der Waals surface area contributed by atoms with Gasteiger partial charge in [0, 0.05) is 30.9 Å². The van der Waals surface area contributed by atoms with Crippen molar-refractivity contribution in [1.82, 2.24) is 15.6 Å². The maximum Gasteiger partial charge on any atom is 0.417 e. The summed E-state index contributed by atoms with van der Waals surface area (Å²) in [6, 6.07) is 11.8. The highest BCUT2D eigenvalue weighted by Gasteiger charge is 2.36. The molecule has 1 aliphatic rings. The average Bonchev–Trinajstić information content (AvgIpc) is 3.11. The van der Waals surface area contributed by atoms with Gasteiger partial charge in [-0.15, -0.1) is 0 Å². The van der Waals surface area contributed by atoms with E-state index in [9.17, 15) is 18.0 Å². The lowest BCUT2D eigenvalue weighted by molar-refractivity contribution is -0.137. The van der Waals surface area contributed by atoms with Gasteiger partial charge in [-0.3, -0.25) is 9.78 Å². The third-order valence-corrected chi connectivity index (χ3v) is 4.70. The lowest BCUT2D eigenvalue weighted by Crippen LogP contribution is -2.36. The van der Waals surface area contributed by atoms with Crippen molar-refractivity contribution >= 4 is 5.91 Å². The Morgan fingerprint density at radius 2 is 1.92 bits per heavy atom. The number of halogens is 3.